The maximum Gasteiger partial charge on any atom is 0.268 e. The van der Waals surface area contributed by atoms with Gasteiger partial charge in [-0.05, 0) is 37.7 Å². The van der Waals surface area contributed by atoms with Crippen LogP contribution in [0.1, 0.15) is 51.0 Å². The average molecular weight is 421 g/mol. The molecule has 2 unspecified atom stereocenters. The molecule has 1 amide bonds. The molecule has 0 aliphatic carbocycles. The van der Waals surface area contributed by atoms with Gasteiger partial charge in [0.15, 0.2) is 0 Å². The minimum atomic E-state index is -3.59. The fraction of sp³-hybridized carbons (Fsp3) is 0.722. The summed E-state index contributed by atoms with van der Waals surface area (Å²) in [6.45, 7) is 9.30. The number of rotatable bonds is 6. The predicted molar refractivity (Wildman–Crippen MR) is 110 cm³/mol. The lowest BCUT2D eigenvalue weighted by molar-refractivity contribution is 0.0874. The Morgan fingerprint density at radius 2 is 2.07 bits per heavy atom. The zero-order valence-electron chi connectivity index (χ0n) is 16.9. The minimum Gasteiger partial charge on any atom is -0.345 e. The molecule has 1 saturated heterocycles. The number of sulfonamides is 1. The molecule has 0 bridgehead atoms. The maximum absolute atomic E-state index is 12.9. The molecule has 0 radical (unpaired) electrons. The lowest BCUT2D eigenvalue weighted by Gasteiger charge is -2.33. The van der Waals surface area contributed by atoms with E-state index in [0.717, 1.165) is 12.8 Å². The van der Waals surface area contributed by atoms with Gasteiger partial charge in [-0.25, -0.2) is 8.42 Å². The topological polar surface area (TPSA) is 97.4 Å². The van der Waals surface area contributed by atoms with E-state index in [9.17, 15) is 13.2 Å². The van der Waals surface area contributed by atoms with Crippen LogP contribution in [0, 0.1) is 11.8 Å². The molecule has 3 N–H and O–H groups in total. The molecule has 2 heterocycles. The third kappa shape index (κ3) is 5.04. The standard InChI is InChI=1S/C18H32N4O3S.ClH/c1-13(2)18(4,12-19)20-17(23)16-9-15(11-21(16)5)26(24,25)22-8-6-7-14(3)10-22;/h9,11,13-14H,6-8,10,12,19H2,1-5H3,(H,20,23);1H. The number of carbonyl (C=O) groups excluding carboxylic acids is 1. The smallest absolute Gasteiger partial charge is 0.268 e. The summed E-state index contributed by atoms with van der Waals surface area (Å²) >= 11 is 0. The molecule has 1 fully saturated rings. The number of hydrogen-bond acceptors (Lipinski definition) is 4. The van der Waals surface area contributed by atoms with Crippen LogP contribution in [0.25, 0.3) is 0 Å². The normalized spacial score (nSPS) is 20.8. The molecule has 156 valence electrons. The number of nitrogens with one attached hydrogen (secondary N) is 1. The van der Waals surface area contributed by atoms with Gasteiger partial charge >= 0.3 is 0 Å². The van der Waals surface area contributed by atoms with Crippen LogP contribution in [0.5, 0.6) is 0 Å². The van der Waals surface area contributed by atoms with Crippen LogP contribution < -0.4 is 11.1 Å². The van der Waals surface area contributed by atoms with Gasteiger partial charge in [-0.3, -0.25) is 4.79 Å². The summed E-state index contributed by atoms with van der Waals surface area (Å²) in [6.07, 6.45) is 3.42. The second kappa shape index (κ2) is 8.94. The van der Waals surface area contributed by atoms with Crippen LogP contribution >= 0.6 is 12.4 Å². The Morgan fingerprint density at radius 3 is 2.59 bits per heavy atom. The first kappa shape index (κ1) is 23.9. The second-order valence-electron chi connectivity index (χ2n) is 8.01. The summed E-state index contributed by atoms with van der Waals surface area (Å²) in [6, 6.07) is 1.46. The van der Waals surface area contributed by atoms with Gasteiger partial charge in [0.05, 0.1) is 5.54 Å². The fourth-order valence-corrected chi connectivity index (χ4v) is 4.84. The number of nitrogens with two attached hydrogens (primary N) is 1. The van der Waals surface area contributed by atoms with Gasteiger partial charge in [0.2, 0.25) is 10.0 Å². The predicted octanol–water partition coefficient (Wildman–Crippen LogP) is 1.97. The number of hydrogen-bond donors (Lipinski definition) is 2. The van der Waals surface area contributed by atoms with Crippen molar-refractivity contribution in [1.29, 1.82) is 0 Å². The van der Waals surface area contributed by atoms with Crippen LogP contribution in [0.2, 0.25) is 0 Å². The molecular weight excluding hydrogens is 388 g/mol. The third-order valence-electron chi connectivity index (χ3n) is 5.57. The summed E-state index contributed by atoms with van der Waals surface area (Å²) in [7, 11) is -1.91. The quantitative estimate of drug-likeness (QED) is 0.735. The van der Waals surface area contributed by atoms with Gasteiger partial charge in [-0.15, -0.1) is 12.4 Å². The zero-order chi connectivity index (χ0) is 19.7. The molecule has 1 aliphatic heterocycles. The highest BCUT2D eigenvalue weighted by Gasteiger charge is 2.33. The number of nitrogens with zero attached hydrogens (tertiary/aromatic N) is 2. The number of amides is 1. The minimum absolute atomic E-state index is 0. The Bertz CT molecular complexity index is 763. The summed E-state index contributed by atoms with van der Waals surface area (Å²) < 4.78 is 28.9. The molecule has 1 aliphatic rings. The van der Waals surface area contributed by atoms with Crippen LogP contribution in [-0.4, -0.2) is 48.4 Å². The van der Waals surface area contributed by atoms with E-state index in [4.69, 9.17) is 5.73 Å². The average Bonchev–Trinajstić information content (AvgIpc) is 2.97. The largest absolute Gasteiger partial charge is 0.345 e. The number of carbonyl (C=O) groups is 1. The molecule has 0 spiro atoms. The van der Waals surface area contributed by atoms with Crippen molar-refractivity contribution in [1.82, 2.24) is 14.2 Å². The molecule has 0 aromatic carbocycles. The van der Waals surface area contributed by atoms with Gasteiger partial charge in [0.25, 0.3) is 5.91 Å². The van der Waals surface area contributed by atoms with E-state index in [1.54, 1.807) is 11.6 Å². The Balaban J connectivity index is 0.00000364. The lowest BCUT2D eigenvalue weighted by atomic mass is 9.88. The van der Waals surface area contributed by atoms with Crippen molar-refractivity contribution in [2.24, 2.45) is 24.6 Å². The lowest BCUT2D eigenvalue weighted by Crippen LogP contribution is -2.55. The van der Waals surface area contributed by atoms with E-state index >= 15 is 0 Å². The highest BCUT2D eigenvalue weighted by Crippen LogP contribution is 2.25. The van der Waals surface area contributed by atoms with E-state index in [0.29, 0.717) is 31.2 Å². The molecule has 1 aromatic heterocycles. The van der Waals surface area contributed by atoms with Crippen LogP contribution in [0.3, 0.4) is 0 Å². The third-order valence-corrected chi connectivity index (χ3v) is 7.40. The van der Waals surface area contributed by atoms with Crippen molar-refractivity contribution in [2.75, 3.05) is 19.6 Å². The van der Waals surface area contributed by atoms with Gasteiger partial charge in [-0.2, -0.15) is 4.31 Å². The maximum atomic E-state index is 12.9. The van der Waals surface area contributed by atoms with E-state index in [-0.39, 0.29) is 29.1 Å². The van der Waals surface area contributed by atoms with Gasteiger partial charge in [0.1, 0.15) is 10.6 Å². The summed E-state index contributed by atoms with van der Waals surface area (Å²) in [5.41, 5.74) is 5.59. The first-order valence-electron chi connectivity index (χ1n) is 9.20. The van der Waals surface area contributed by atoms with Crippen molar-refractivity contribution in [3.8, 4) is 0 Å². The first-order chi connectivity index (χ1) is 12.0. The van der Waals surface area contributed by atoms with Crippen molar-refractivity contribution in [3.05, 3.63) is 18.0 Å². The highest BCUT2D eigenvalue weighted by atomic mass is 35.5. The van der Waals surface area contributed by atoms with E-state index < -0.39 is 15.6 Å². The Labute approximate surface area is 169 Å². The second-order valence-corrected chi connectivity index (χ2v) is 9.95. The van der Waals surface area contributed by atoms with Crippen molar-refractivity contribution in [2.45, 2.75) is 51.0 Å². The summed E-state index contributed by atoms with van der Waals surface area (Å²) in [4.78, 5) is 12.9. The summed E-state index contributed by atoms with van der Waals surface area (Å²) in [5.74, 6) is 0.179. The molecule has 27 heavy (non-hydrogen) atoms. The Hall–Kier alpha value is -1.09. The first-order valence-corrected chi connectivity index (χ1v) is 10.6. The Kier molecular flexibility index (Phi) is 7.93. The van der Waals surface area contributed by atoms with Gasteiger partial charge in [0, 0.05) is 32.9 Å². The summed E-state index contributed by atoms with van der Waals surface area (Å²) in [5, 5.41) is 2.96. The van der Waals surface area contributed by atoms with Crippen LogP contribution in [0.4, 0.5) is 0 Å². The fourth-order valence-electron chi connectivity index (χ4n) is 3.17. The molecule has 9 heteroatoms. The molecule has 2 rings (SSSR count). The molecule has 7 nitrogen and oxygen atoms in total. The van der Waals surface area contributed by atoms with E-state index in [2.05, 4.69) is 12.2 Å². The molecule has 0 saturated carbocycles. The number of aryl methyl sites for hydroxylation is 1. The number of halogens is 1. The van der Waals surface area contributed by atoms with Gasteiger partial charge < -0.3 is 15.6 Å². The molecular formula is C18H33ClN4O3S. The van der Waals surface area contributed by atoms with Crippen molar-refractivity contribution in [3.63, 3.8) is 0 Å². The van der Waals surface area contributed by atoms with Crippen LogP contribution in [-0.2, 0) is 17.1 Å². The monoisotopic (exact) mass is 420 g/mol. The zero-order valence-corrected chi connectivity index (χ0v) is 18.5. The molecule has 1 aromatic rings. The SMILES string of the molecule is CC1CCCN(S(=O)(=O)c2cc(C(=O)NC(C)(CN)C(C)C)n(C)c2)C1.Cl. The number of piperidine rings is 1. The van der Waals surface area contributed by atoms with Gasteiger partial charge in [-0.1, -0.05) is 20.8 Å². The van der Waals surface area contributed by atoms with E-state index in [1.165, 1.54) is 16.6 Å². The van der Waals surface area contributed by atoms with Crippen molar-refractivity contribution < 1.29 is 13.2 Å². The van der Waals surface area contributed by atoms with Crippen molar-refractivity contribution >= 4 is 28.3 Å². The van der Waals surface area contributed by atoms with Crippen LogP contribution in [0.15, 0.2) is 17.2 Å². The number of aromatic nitrogens is 1. The van der Waals surface area contributed by atoms with E-state index in [1.807, 2.05) is 20.8 Å². The molecule has 2 atom stereocenters. The highest BCUT2D eigenvalue weighted by molar-refractivity contribution is 7.89. The Morgan fingerprint density at radius 1 is 1.44 bits per heavy atom.